The van der Waals surface area contributed by atoms with Crippen molar-refractivity contribution in [2.24, 2.45) is 23.2 Å². The molecule has 4 aliphatic carbocycles. The minimum Gasteiger partial charge on any atom is -0.422 e. The van der Waals surface area contributed by atoms with Crippen LogP contribution in [0.4, 0.5) is 0 Å². The summed E-state index contributed by atoms with van der Waals surface area (Å²) in [5, 5.41) is 11.9. The van der Waals surface area contributed by atoms with Crippen LogP contribution in [0.5, 0.6) is 0 Å². The highest BCUT2D eigenvalue weighted by molar-refractivity contribution is 5.97. The maximum Gasteiger partial charge on any atom is 0.339 e. The second-order valence-electron chi connectivity index (χ2n) is 14.4. The van der Waals surface area contributed by atoms with E-state index >= 15 is 0 Å². The predicted octanol–water partition coefficient (Wildman–Crippen LogP) is 4.60. The summed E-state index contributed by atoms with van der Waals surface area (Å²) in [5.41, 5.74) is -0.385. The number of carbonyl (C=O) groups is 2. The van der Waals surface area contributed by atoms with Crippen molar-refractivity contribution >= 4 is 17.7 Å². The zero-order valence-corrected chi connectivity index (χ0v) is 24.4. The number of aliphatic hydroxyl groups excluding tert-OH is 1. The quantitative estimate of drug-likeness (QED) is 0.316. The van der Waals surface area contributed by atoms with E-state index < -0.39 is 28.3 Å². The Morgan fingerprint density at radius 2 is 1.81 bits per heavy atom. The Morgan fingerprint density at radius 1 is 1.05 bits per heavy atom. The number of fused-ring (bicyclic) bond motifs is 4. The van der Waals surface area contributed by atoms with Gasteiger partial charge in [-0.1, -0.05) is 70.4 Å². The lowest BCUT2D eigenvalue weighted by atomic mass is 9.46. The normalized spacial score (nSPS) is 47.3. The van der Waals surface area contributed by atoms with Gasteiger partial charge in [0.2, 0.25) is 0 Å². The Morgan fingerprint density at radius 3 is 2.55 bits per heavy atom. The number of carbonyl (C=O) groups excluding carboxylic acids is 2. The number of epoxide rings is 3. The first-order valence-corrected chi connectivity index (χ1v) is 15.9. The van der Waals surface area contributed by atoms with Crippen molar-refractivity contribution < 1.29 is 38.4 Å². The maximum absolute atomic E-state index is 13.5. The molecule has 3 saturated heterocycles. The van der Waals surface area contributed by atoms with Crippen molar-refractivity contribution in [3.05, 3.63) is 52.8 Å². The van der Waals surface area contributed by atoms with Gasteiger partial charge in [-0.15, -0.1) is 0 Å². The Balaban J connectivity index is 1.15. The number of esters is 2. The van der Waals surface area contributed by atoms with Crippen LogP contribution >= 0.6 is 0 Å². The molecule has 0 amide bonds. The summed E-state index contributed by atoms with van der Waals surface area (Å²) in [6.07, 6.45) is 5.35. The predicted molar refractivity (Wildman–Crippen MR) is 148 cm³/mol. The van der Waals surface area contributed by atoms with Crippen LogP contribution in [0.1, 0.15) is 77.7 Å². The number of rotatable bonds is 4. The van der Waals surface area contributed by atoms with E-state index in [4.69, 9.17) is 23.7 Å². The third kappa shape index (κ3) is 2.84. The van der Waals surface area contributed by atoms with Crippen molar-refractivity contribution in [2.75, 3.05) is 0 Å². The molecular weight excluding hydrogens is 536 g/mol. The van der Waals surface area contributed by atoms with E-state index in [1.807, 2.05) is 30.3 Å². The molecule has 2 spiro atoms. The molecular formula is C34H38O8. The van der Waals surface area contributed by atoms with Gasteiger partial charge in [-0.05, 0) is 43.9 Å². The van der Waals surface area contributed by atoms with Crippen molar-refractivity contribution in [1.29, 1.82) is 0 Å². The molecule has 1 N–H and O–H groups in total. The fourth-order valence-electron chi connectivity index (χ4n) is 10.2. The number of aliphatic hydroxyl groups is 1. The molecule has 8 nitrogen and oxygen atoms in total. The molecule has 4 aliphatic heterocycles. The minimum atomic E-state index is -0.804. The minimum absolute atomic E-state index is 0.127. The number of hydrogen-bond acceptors (Lipinski definition) is 8. The van der Waals surface area contributed by atoms with E-state index in [-0.39, 0.29) is 48.0 Å². The molecule has 0 bridgehead atoms. The largest absolute Gasteiger partial charge is 0.422 e. The van der Waals surface area contributed by atoms with Crippen LogP contribution in [-0.4, -0.2) is 58.3 Å². The molecule has 0 aromatic heterocycles. The lowest BCUT2D eigenvalue weighted by molar-refractivity contribution is -0.143. The Bertz CT molecular complexity index is 1470. The third-order valence-electron chi connectivity index (χ3n) is 12.4. The average Bonchev–Trinajstić information content (AvgIpc) is 3.91. The summed E-state index contributed by atoms with van der Waals surface area (Å²) in [6, 6.07) is 9.50. The first-order valence-electron chi connectivity index (χ1n) is 15.9. The van der Waals surface area contributed by atoms with Gasteiger partial charge in [0, 0.05) is 22.1 Å². The fourth-order valence-corrected chi connectivity index (χ4v) is 10.2. The Labute approximate surface area is 245 Å². The molecule has 1 aromatic rings. The van der Waals surface area contributed by atoms with Crippen molar-refractivity contribution in [3.63, 3.8) is 0 Å². The van der Waals surface area contributed by atoms with Crippen molar-refractivity contribution in [3.8, 4) is 0 Å². The van der Waals surface area contributed by atoms with Crippen LogP contribution in [0.2, 0.25) is 0 Å². The fraction of sp³-hybridized carbons (Fsp3) is 0.647. The van der Waals surface area contributed by atoms with Crippen molar-refractivity contribution in [1.82, 2.24) is 0 Å². The monoisotopic (exact) mass is 574 g/mol. The molecule has 3 saturated carbocycles. The SMILES string of the molecule is CC(C)[C@]12O[C@H]1[C@@H]1O[C@]13[C@]1(O[C@H]1C[C@H]1C4=C(CC[C@@]13C)C(=O)O/C4=C(/OC(=O)C1CCCCC1)c1ccccc1)[C@@H]2O. The summed E-state index contributed by atoms with van der Waals surface area (Å²) in [5.74, 6) is -0.0891. The third-order valence-corrected chi connectivity index (χ3v) is 12.4. The first kappa shape index (κ1) is 25.9. The molecule has 0 radical (unpaired) electrons. The molecule has 1 aromatic carbocycles. The van der Waals surface area contributed by atoms with Crippen LogP contribution in [0.15, 0.2) is 47.2 Å². The van der Waals surface area contributed by atoms with Gasteiger partial charge in [0.25, 0.3) is 0 Å². The van der Waals surface area contributed by atoms with E-state index in [1.54, 1.807) is 0 Å². The Kier molecular flexibility index (Phi) is 5.03. The molecule has 8 heteroatoms. The van der Waals surface area contributed by atoms with Crippen LogP contribution in [0, 0.1) is 23.2 Å². The highest BCUT2D eigenvalue weighted by Gasteiger charge is 3.00. The first-order chi connectivity index (χ1) is 20.2. The molecule has 222 valence electrons. The Hall–Kier alpha value is -2.52. The van der Waals surface area contributed by atoms with Gasteiger partial charge in [-0.25, -0.2) is 4.79 Å². The standard InChI is InChI=1S/C34H38O8/c1-17(2)32-26(41-32)27-34(42-27)31(3)15-14-20-23(21(31)16-22-33(34,40-22)30(32)37)25(39-29(20)36)24(18-10-6-4-7-11-18)38-28(35)19-12-8-5-9-13-19/h4,6-7,10-11,17,19,21-22,26-27,30,37H,5,8-9,12-16H2,1-3H3/b25-24+/t21-,22-,26-,27-,30+,31-,32-,33+,34+/m0/s1. The van der Waals surface area contributed by atoms with Gasteiger partial charge >= 0.3 is 11.9 Å². The van der Waals surface area contributed by atoms with Crippen LogP contribution in [-0.2, 0) is 33.3 Å². The van der Waals surface area contributed by atoms with Gasteiger partial charge < -0.3 is 28.8 Å². The molecule has 42 heavy (non-hydrogen) atoms. The van der Waals surface area contributed by atoms with E-state index in [9.17, 15) is 14.7 Å². The number of ether oxygens (including phenoxy) is 5. The summed E-state index contributed by atoms with van der Waals surface area (Å²) < 4.78 is 31.9. The molecule has 8 aliphatic rings. The lowest BCUT2D eigenvalue weighted by Gasteiger charge is -2.53. The number of cyclic esters (lactones) is 1. The zero-order valence-electron chi connectivity index (χ0n) is 24.4. The van der Waals surface area contributed by atoms with Gasteiger partial charge in [0.1, 0.15) is 29.5 Å². The highest BCUT2D eigenvalue weighted by atomic mass is 16.7. The van der Waals surface area contributed by atoms with Gasteiger partial charge in [-0.3, -0.25) is 4.79 Å². The smallest absolute Gasteiger partial charge is 0.339 e. The average molecular weight is 575 g/mol. The molecule has 4 heterocycles. The second kappa shape index (κ2) is 8.14. The lowest BCUT2D eigenvalue weighted by Crippen LogP contribution is -2.69. The van der Waals surface area contributed by atoms with Gasteiger partial charge in [0.15, 0.2) is 17.1 Å². The molecule has 0 unspecified atom stereocenters. The van der Waals surface area contributed by atoms with Gasteiger partial charge in [-0.2, -0.15) is 0 Å². The number of benzene rings is 1. The van der Waals surface area contributed by atoms with E-state index in [2.05, 4.69) is 20.8 Å². The maximum atomic E-state index is 13.5. The number of hydrogen-bond donors (Lipinski definition) is 1. The summed E-state index contributed by atoms with van der Waals surface area (Å²) in [7, 11) is 0. The highest BCUT2D eigenvalue weighted by Crippen LogP contribution is 2.83. The zero-order chi connectivity index (χ0) is 28.8. The van der Waals surface area contributed by atoms with Crippen LogP contribution < -0.4 is 0 Å². The summed E-state index contributed by atoms with van der Waals surface area (Å²) in [4.78, 5) is 26.9. The number of allylic oxidation sites excluding steroid dienone is 1. The molecule has 9 atom stereocenters. The second-order valence-corrected chi connectivity index (χ2v) is 14.4. The summed E-state index contributed by atoms with van der Waals surface area (Å²) in [6.45, 7) is 6.42. The molecule has 9 rings (SSSR count). The topological polar surface area (TPSA) is 110 Å². The van der Waals surface area contributed by atoms with E-state index in [1.165, 1.54) is 0 Å². The van der Waals surface area contributed by atoms with Crippen molar-refractivity contribution in [2.45, 2.75) is 113 Å². The van der Waals surface area contributed by atoms with E-state index in [0.29, 0.717) is 41.9 Å². The van der Waals surface area contributed by atoms with Gasteiger partial charge in [0.05, 0.1) is 12.0 Å². The summed E-state index contributed by atoms with van der Waals surface area (Å²) >= 11 is 0. The van der Waals surface area contributed by atoms with Crippen LogP contribution in [0.25, 0.3) is 5.76 Å². The molecule has 6 fully saturated rings. The van der Waals surface area contributed by atoms with E-state index in [0.717, 1.165) is 37.7 Å². The van der Waals surface area contributed by atoms with Crippen LogP contribution in [0.3, 0.4) is 0 Å².